The molecule has 70 valence electrons. The summed E-state index contributed by atoms with van der Waals surface area (Å²) < 4.78 is 0. The van der Waals surface area contributed by atoms with Crippen LogP contribution in [0.2, 0.25) is 0 Å². The predicted octanol–water partition coefficient (Wildman–Crippen LogP) is 2.04. The first-order chi connectivity index (χ1) is 6.24. The minimum atomic E-state index is 0.673. The molecular formula is C10H15N3. The van der Waals surface area contributed by atoms with E-state index in [1.54, 1.807) is 6.20 Å². The Morgan fingerprint density at radius 3 is 3.08 bits per heavy atom. The lowest BCUT2D eigenvalue weighted by atomic mass is 10.2. The zero-order valence-corrected chi connectivity index (χ0v) is 7.88. The van der Waals surface area contributed by atoms with Crippen molar-refractivity contribution >= 4 is 11.5 Å². The summed E-state index contributed by atoms with van der Waals surface area (Å²) in [6.07, 6.45) is 2.69. The van der Waals surface area contributed by atoms with Gasteiger partial charge in [-0.3, -0.25) is 0 Å². The molecule has 0 radical (unpaired) electrons. The molecule has 0 unspecified atom stereocenters. The Labute approximate surface area is 78.7 Å². The van der Waals surface area contributed by atoms with Gasteiger partial charge in [-0.2, -0.15) is 0 Å². The van der Waals surface area contributed by atoms with E-state index in [4.69, 9.17) is 5.73 Å². The number of nitrogen functional groups attached to an aromatic ring is 1. The van der Waals surface area contributed by atoms with Crippen LogP contribution < -0.4 is 11.1 Å². The molecule has 1 heterocycles. The number of nitrogens with two attached hydrogens (primary N) is 1. The fourth-order valence-electron chi connectivity index (χ4n) is 0.899. The molecule has 3 nitrogen and oxygen atoms in total. The summed E-state index contributed by atoms with van der Waals surface area (Å²) in [4.78, 5) is 4.11. The number of rotatable bonds is 4. The van der Waals surface area contributed by atoms with E-state index in [-0.39, 0.29) is 0 Å². The zero-order chi connectivity index (χ0) is 9.68. The first-order valence-corrected chi connectivity index (χ1v) is 4.35. The Hall–Kier alpha value is -1.51. The maximum absolute atomic E-state index is 5.69. The fraction of sp³-hybridized carbons (Fsp3) is 0.300. The Morgan fingerprint density at radius 1 is 1.69 bits per heavy atom. The molecule has 0 amide bonds. The zero-order valence-electron chi connectivity index (χ0n) is 7.88. The number of hydrogen-bond donors (Lipinski definition) is 2. The van der Waals surface area contributed by atoms with E-state index in [2.05, 4.69) is 23.8 Å². The minimum Gasteiger partial charge on any atom is -0.396 e. The first-order valence-electron chi connectivity index (χ1n) is 4.35. The third kappa shape index (κ3) is 2.78. The molecule has 1 rings (SSSR count). The van der Waals surface area contributed by atoms with Gasteiger partial charge in [0.15, 0.2) is 0 Å². The Kier molecular flexibility index (Phi) is 3.31. The topological polar surface area (TPSA) is 50.9 Å². The average molecular weight is 177 g/mol. The molecule has 0 aliphatic heterocycles. The van der Waals surface area contributed by atoms with Gasteiger partial charge >= 0.3 is 0 Å². The highest BCUT2D eigenvalue weighted by Crippen LogP contribution is 2.13. The van der Waals surface area contributed by atoms with Gasteiger partial charge in [0.05, 0.1) is 5.69 Å². The van der Waals surface area contributed by atoms with E-state index in [1.165, 1.54) is 0 Å². The van der Waals surface area contributed by atoms with Crippen LogP contribution in [0.25, 0.3) is 0 Å². The number of aromatic nitrogens is 1. The number of pyridine rings is 1. The van der Waals surface area contributed by atoms with Crippen molar-refractivity contribution < 1.29 is 0 Å². The number of nitrogens with zero attached hydrogens (tertiary/aromatic N) is 1. The number of hydrogen-bond acceptors (Lipinski definition) is 3. The standard InChI is InChI=1S/C10H15N3/c1-3-8(2)7-13-10-9(11)5-4-6-12-10/h4-6H,2-3,7,11H2,1H3,(H,12,13). The monoisotopic (exact) mass is 177 g/mol. The third-order valence-corrected chi connectivity index (χ3v) is 1.84. The predicted molar refractivity (Wildman–Crippen MR) is 56.6 cm³/mol. The van der Waals surface area contributed by atoms with Gasteiger partial charge < -0.3 is 11.1 Å². The number of anilines is 2. The fourth-order valence-corrected chi connectivity index (χ4v) is 0.899. The summed E-state index contributed by atoms with van der Waals surface area (Å²) in [5, 5.41) is 3.13. The number of nitrogens with one attached hydrogen (secondary N) is 1. The van der Waals surface area contributed by atoms with Crippen molar-refractivity contribution in [3.05, 3.63) is 30.5 Å². The molecule has 0 saturated carbocycles. The molecule has 3 heteroatoms. The van der Waals surface area contributed by atoms with Gasteiger partial charge in [-0.15, -0.1) is 0 Å². The van der Waals surface area contributed by atoms with Crippen LogP contribution in [0.4, 0.5) is 11.5 Å². The molecule has 0 aromatic carbocycles. The first kappa shape index (κ1) is 9.58. The summed E-state index contributed by atoms with van der Waals surface area (Å²) in [7, 11) is 0. The molecule has 0 atom stereocenters. The summed E-state index contributed by atoms with van der Waals surface area (Å²) in [5.41, 5.74) is 7.51. The lowest BCUT2D eigenvalue weighted by Gasteiger charge is -2.07. The van der Waals surface area contributed by atoms with Crippen molar-refractivity contribution in [1.82, 2.24) is 4.98 Å². The smallest absolute Gasteiger partial charge is 0.149 e. The molecule has 0 spiro atoms. The maximum Gasteiger partial charge on any atom is 0.149 e. The van der Waals surface area contributed by atoms with E-state index >= 15 is 0 Å². The molecular weight excluding hydrogens is 162 g/mol. The maximum atomic E-state index is 5.69. The summed E-state index contributed by atoms with van der Waals surface area (Å²) in [6.45, 7) is 6.70. The largest absolute Gasteiger partial charge is 0.396 e. The van der Waals surface area contributed by atoms with E-state index < -0.39 is 0 Å². The SMILES string of the molecule is C=C(CC)CNc1ncccc1N. The van der Waals surface area contributed by atoms with Crippen LogP contribution in [0.15, 0.2) is 30.5 Å². The average Bonchev–Trinajstić information content (AvgIpc) is 2.16. The molecule has 3 N–H and O–H groups in total. The van der Waals surface area contributed by atoms with Gasteiger partial charge in [-0.05, 0) is 18.6 Å². The third-order valence-electron chi connectivity index (χ3n) is 1.84. The van der Waals surface area contributed by atoms with Gasteiger partial charge in [0.1, 0.15) is 5.82 Å². The Morgan fingerprint density at radius 2 is 2.46 bits per heavy atom. The molecule has 0 aliphatic rings. The molecule has 0 fully saturated rings. The van der Waals surface area contributed by atoms with Crippen LogP contribution in [0.3, 0.4) is 0 Å². The van der Waals surface area contributed by atoms with Crippen molar-refractivity contribution in [2.24, 2.45) is 0 Å². The van der Waals surface area contributed by atoms with Crippen LogP contribution in [-0.2, 0) is 0 Å². The molecule has 0 aliphatic carbocycles. The van der Waals surface area contributed by atoms with Crippen molar-refractivity contribution in [2.75, 3.05) is 17.6 Å². The Bertz CT molecular complexity index is 294. The van der Waals surface area contributed by atoms with Crippen molar-refractivity contribution in [3.8, 4) is 0 Å². The van der Waals surface area contributed by atoms with Gasteiger partial charge in [-0.1, -0.05) is 19.1 Å². The van der Waals surface area contributed by atoms with Crippen LogP contribution >= 0.6 is 0 Å². The quantitative estimate of drug-likeness (QED) is 0.692. The molecule has 0 saturated heterocycles. The second-order valence-electron chi connectivity index (χ2n) is 2.90. The van der Waals surface area contributed by atoms with Crippen LogP contribution in [0.1, 0.15) is 13.3 Å². The highest BCUT2D eigenvalue weighted by molar-refractivity contribution is 5.60. The van der Waals surface area contributed by atoms with Crippen molar-refractivity contribution in [2.45, 2.75) is 13.3 Å². The summed E-state index contributed by atoms with van der Waals surface area (Å²) in [6, 6.07) is 3.64. The lowest BCUT2D eigenvalue weighted by Crippen LogP contribution is -2.07. The van der Waals surface area contributed by atoms with E-state index in [1.807, 2.05) is 12.1 Å². The summed E-state index contributed by atoms with van der Waals surface area (Å²) >= 11 is 0. The van der Waals surface area contributed by atoms with Crippen LogP contribution in [0.5, 0.6) is 0 Å². The minimum absolute atomic E-state index is 0.673. The van der Waals surface area contributed by atoms with Crippen LogP contribution in [-0.4, -0.2) is 11.5 Å². The lowest BCUT2D eigenvalue weighted by molar-refractivity contribution is 1.04. The highest BCUT2D eigenvalue weighted by atomic mass is 15.0. The highest BCUT2D eigenvalue weighted by Gasteiger charge is 1.97. The Balaban J connectivity index is 2.54. The summed E-state index contributed by atoms with van der Waals surface area (Å²) in [5.74, 6) is 0.733. The van der Waals surface area contributed by atoms with Gasteiger partial charge in [-0.25, -0.2) is 4.98 Å². The van der Waals surface area contributed by atoms with Crippen LogP contribution in [0, 0.1) is 0 Å². The second-order valence-corrected chi connectivity index (χ2v) is 2.90. The molecule has 1 aromatic rings. The normalized spacial score (nSPS) is 9.62. The second kappa shape index (κ2) is 4.50. The molecule has 0 bridgehead atoms. The van der Waals surface area contributed by atoms with Crippen molar-refractivity contribution in [3.63, 3.8) is 0 Å². The van der Waals surface area contributed by atoms with Crippen molar-refractivity contribution in [1.29, 1.82) is 0 Å². The van der Waals surface area contributed by atoms with Gasteiger partial charge in [0, 0.05) is 12.7 Å². The van der Waals surface area contributed by atoms with E-state index in [9.17, 15) is 0 Å². The molecule has 13 heavy (non-hydrogen) atoms. The van der Waals surface area contributed by atoms with Gasteiger partial charge in [0.2, 0.25) is 0 Å². The van der Waals surface area contributed by atoms with Gasteiger partial charge in [0.25, 0.3) is 0 Å². The van der Waals surface area contributed by atoms with E-state index in [0.29, 0.717) is 5.69 Å². The van der Waals surface area contributed by atoms with E-state index in [0.717, 1.165) is 24.4 Å². The molecule has 1 aromatic heterocycles.